The fourth-order valence-corrected chi connectivity index (χ4v) is 1.69. The lowest BCUT2D eigenvalue weighted by Crippen LogP contribution is -2.31. The van der Waals surface area contributed by atoms with Gasteiger partial charge >= 0.3 is 0 Å². The molecule has 82 valence electrons. The Bertz CT molecular complexity index is 180. The Kier molecular flexibility index (Phi) is 5.60. The Balaban J connectivity index is 2.18. The third-order valence-electron chi connectivity index (χ3n) is 2.54. The van der Waals surface area contributed by atoms with Crippen LogP contribution in [0.4, 0.5) is 0 Å². The maximum atomic E-state index is 9.53. The smallest absolute Gasteiger partial charge is 0.0963 e. The molecule has 1 rings (SSSR count). The summed E-state index contributed by atoms with van der Waals surface area (Å²) in [5.74, 6) is 1.10. The number of hydrogen-bond acceptors (Lipinski definition) is 3. The summed E-state index contributed by atoms with van der Waals surface area (Å²) in [6.07, 6.45) is 6.48. The molecule has 0 amide bonds. The lowest BCUT2D eigenvalue weighted by Gasteiger charge is -2.12. The molecular weight excluding hydrogens is 176 g/mol. The van der Waals surface area contributed by atoms with Gasteiger partial charge in [0.15, 0.2) is 0 Å². The first kappa shape index (κ1) is 11.5. The van der Waals surface area contributed by atoms with Gasteiger partial charge in [0.1, 0.15) is 0 Å². The Labute approximate surface area is 86.6 Å². The van der Waals surface area contributed by atoms with Gasteiger partial charge in [-0.3, -0.25) is 4.99 Å². The second-order valence-corrected chi connectivity index (χ2v) is 3.96. The first-order chi connectivity index (χ1) is 6.83. The highest BCUT2D eigenvalue weighted by molar-refractivity contribution is 5.82. The van der Waals surface area contributed by atoms with E-state index in [1.807, 2.05) is 0 Å². The van der Waals surface area contributed by atoms with Gasteiger partial charge in [-0.25, -0.2) is 0 Å². The van der Waals surface area contributed by atoms with E-state index in [2.05, 4.69) is 17.2 Å². The van der Waals surface area contributed by atoms with E-state index in [1.165, 1.54) is 19.3 Å². The summed E-state index contributed by atoms with van der Waals surface area (Å²) in [6, 6.07) is 0. The largest absolute Gasteiger partial charge is 0.391 e. The highest BCUT2D eigenvalue weighted by atomic mass is 16.3. The Hall–Kier alpha value is -0.570. The molecule has 0 aliphatic carbocycles. The molecule has 14 heavy (non-hydrogen) atoms. The molecule has 0 spiro atoms. The van der Waals surface area contributed by atoms with Crippen molar-refractivity contribution in [1.82, 2.24) is 5.32 Å². The first-order valence-corrected chi connectivity index (χ1v) is 5.78. The minimum absolute atomic E-state index is 0.217. The average molecular weight is 198 g/mol. The minimum atomic E-state index is -0.217. The number of nitrogens with zero attached hydrogens (tertiary/aromatic N) is 1. The van der Waals surface area contributed by atoms with Crippen molar-refractivity contribution in [1.29, 1.82) is 0 Å². The molecule has 3 nitrogen and oxygen atoms in total. The van der Waals surface area contributed by atoms with Crippen LogP contribution in [-0.4, -0.2) is 30.1 Å². The first-order valence-electron chi connectivity index (χ1n) is 5.78. The summed E-state index contributed by atoms with van der Waals surface area (Å²) in [5.41, 5.74) is 0. The molecule has 0 fully saturated rings. The number of aliphatic hydroxyl groups is 1. The van der Waals surface area contributed by atoms with Gasteiger partial charge in [-0.1, -0.05) is 19.8 Å². The van der Waals surface area contributed by atoms with Crippen LogP contribution in [0.15, 0.2) is 4.99 Å². The van der Waals surface area contributed by atoms with Gasteiger partial charge in [0, 0.05) is 19.5 Å². The monoisotopic (exact) mass is 198 g/mol. The number of aliphatic imine (C=N–C) groups is 1. The van der Waals surface area contributed by atoms with E-state index in [9.17, 15) is 5.11 Å². The van der Waals surface area contributed by atoms with Gasteiger partial charge < -0.3 is 10.4 Å². The summed E-state index contributed by atoms with van der Waals surface area (Å²) in [7, 11) is 0. The maximum absolute atomic E-state index is 9.53. The van der Waals surface area contributed by atoms with Crippen LogP contribution < -0.4 is 5.32 Å². The average Bonchev–Trinajstić information content (AvgIpc) is 2.43. The Morgan fingerprint density at radius 1 is 1.43 bits per heavy atom. The normalized spacial score (nSPS) is 19.7. The summed E-state index contributed by atoms with van der Waals surface area (Å²) < 4.78 is 0. The molecule has 1 aliphatic heterocycles. The van der Waals surface area contributed by atoms with Crippen LogP contribution in [-0.2, 0) is 0 Å². The molecule has 0 aromatic carbocycles. The second kappa shape index (κ2) is 6.82. The third-order valence-corrected chi connectivity index (χ3v) is 2.54. The molecule has 1 heterocycles. The van der Waals surface area contributed by atoms with Gasteiger partial charge in [-0.2, -0.15) is 0 Å². The zero-order chi connectivity index (χ0) is 10.2. The predicted octanol–water partition coefficient (Wildman–Crippen LogP) is 1.71. The molecular formula is C11H22N2O. The van der Waals surface area contributed by atoms with Gasteiger partial charge in [-0.05, 0) is 19.3 Å². The molecule has 3 heteroatoms. The van der Waals surface area contributed by atoms with Gasteiger partial charge in [0.2, 0.25) is 0 Å². The number of amidine groups is 1. The Morgan fingerprint density at radius 3 is 3.07 bits per heavy atom. The zero-order valence-corrected chi connectivity index (χ0v) is 9.13. The van der Waals surface area contributed by atoms with Crippen molar-refractivity contribution in [2.45, 2.75) is 51.6 Å². The molecule has 0 radical (unpaired) electrons. The van der Waals surface area contributed by atoms with Crippen molar-refractivity contribution < 1.29 is 5.11 Å². The van der Waals surface area contributed by atoms with Crippen molar-refractivity contribution in [2.24, 2.45) is 4.99 Å². The highest BCUT2D eigenvalue weighted by Gasteiger charge is 2.06. The van der Waals surface area contributed by atoms with Crippen LogP contribution >= 0.6 is 0 Å². The van der Waals surface area contributed by atoms with E-state index < -0.39 is 0 Å². The molecule has 2 N–H and O–H groups in total. The fraction of sp³-hybridized carbons (Fsp3) is 0.909. The maximum Gasteiger partial charge on any atom is 0.0963 e. The van der Waals surface area contributed by atoms with Crippen LogP contribution in [0.25, 0.3) is 0 Å². The van der Waals surface area contributed by atoms with Crippen molar-refractivity contribution in [3.63, 3.8) is 0 Å². The third kappa shape index (κ3) is 4.61. The minimum Gasteiger partial charge on any atom is -0.391 e. The van der Waals surface area contributed by atoms with Crippen LogP contribution in [0.3, 0.4) is 0 Å². The highest BCUT2D eigenvalue weighted by Crippen LogP contribution is 2.06. The van der Waals surface area contributed by atoms with Gasteiger partial charge in [-0.15, -0.1) is 0 Å². The summed E-state index contributed by atoms with van der Waals surface area (Å²) >= 11 is 0. The van der Waals surface area contributed by atoms with E-state index >= 15 is 0 Å². The molecule has 0 saturated carbocycles. The standard InChI is InChI=1S/C11H22N2O/c1-2-6-10(14)9-13-11-7-4-3-5-8-12-11/h10,14H,2-9H2,1H3,(H,12,13). The topological polar surface area (TPSA) is 44.6 Å². The summed E-state index contributed by atoms with van der Waals surface area (Å²) in [4.78, 5) is 4.45. The van der Waals surface area contributed by atoms with Crippen LogP contribution in [0.1, 0.15) is 45.4 Å². The SMILES string of the molecule is CCCC(O)CNC1=NCCCCC1. The number of rotatable bonds is 4. The van der Waals surface area contributed by atoms with E-state index in [0.717, 1.165) is 31.6 Å². The van der Waals surface area contributed by atoms with Crippen molar-refractivity contribution in [3.8, 4) is 0 Å². The van der Waals surface area contributed by atoms with Gasteiger partial charge in [0.25, 0.3) is 0 Å². The van der Waals surface area contributed by atoms with Crippen LogP contribution in [0, 0.1) is 0 Å². The zero-order valence-electron chi connectivity index (χ0n) is 9.13. The molecule has 0 saturated heterocycles. The number of aliphatic hydroxyl groups excluding tert-OH is 1. The van der Waals surface area contributed by atoms with Crippen LogP contribution in [0.2, 0.25) is 0 Å². The molecule has 0 aromatic heterocycles. The molecule has 1 atom stereocenters. The van der Waals surface area contributed by atoms with E-state index in [1.54, 1.807) is 0 Å². The quantitative estimate of drug-likeness (QED) is 0.722. The van der Waals surface area contributed by atoms with Crippen molar-refractivity contribution >= 4 is 5.84 Å². The number of nitrogens with one attached hydrogen (secondary N) is 1. The van der Waals surface area contributed by atoms with Crippen LogP contribution in [0.5, 0.6) is 0 Å². The predicted molar refractivity (Wildman–Crippen MR) is 59.7 cm³/mol. The van der Waals surface area contributed by atoms with Gasteiger partial charge in [0.05, 0.1) is 11.9 Å². The summed E-state index contributed by atoms with van der Waals surface area (Å²) in [6.45, 7) is 3.70. The summed E-state index contributed by atoms with van der Waals surface area (Å²) in [5, 5.41) is 12.8. The molecule has 0 bridgehead atoms. The molecule has 0 aromatic rings. The van der Waals surface area contributed by atoms with E-state index in [0.29, 0.717) is 6.54 Å². The van der Waals surface area contributed by atoms with E-state index in [4.69, 9.17) is 0 Å². The van der Waals surface area contributed by atoms with Crippen molar-refractivity contribution in [2.75, 3.05) is 13.1 Å². The fourth-order valence-electron chi connectivity index (χ4n) is 1.69. The lowest BCUT2D eigenvalue weighted by atomic mass is 10.2. The Morgan fingerprint density at radius 2 is 2.29 bits per heavy atom. The lowest BCUT2D eigenvalue weighted by molar-refractivity contribution is 0.166. The molecule has 1 aliphatic rings. The second-order valence-electron chi connectivity index (χ2n) is 3.96. The van der Waals surface area contributed by atoms with E-state index in [-0.39, 0.29) is 6.10 Å². The molecule has 1 unspecified atom stereocenters. The van der Waals surface area contributed by atoms with Crippen molar-refractivity contribution in [3.05, 3.63) is 0 Å². The number of hydrogen-bond donors (Lipinski definition) is 2.